The maximum absolute atomic E-state index is 11.4. The molecule has 5 nitrogen and oxygen atoms in total. The number of hydrogen-bond acceptors (Lipinski definition) is 4. The van der Waals surface area contributed by atoms with E-state index in [9.17, 15) is 9.59 Å². The van der Waals surface area contributed by atoms with Crippen LogP contribution in [-0.2, 0) is 14.3 Å². The molecule has 0 aromatic heterocycles. The van der Waals surface area contributed by atoms with Crippen LogP contribution in [0.15, 0.2) is 72.9 Å². The van der Waals surface area contributed by atoms with E-state index >= 15 is 0 Å². The summed E-state index contributed by atoms with van der Waals surface area (Å²) in [6, 6.07) is 0. The highest BCUT2D eigenvalue weighted by Crippen LogP contribution is 2.08. The molecular formula is C30H51NO4. The maximum Gasteiger partial charge on any atom is 0.407 e. The summed E-state index contributed by atoms with van der Waals surface area (Å²) < 4.78 is 9.67. The number of terminal acetylenes is 1. The second-order valence-electron chi connectivity index (χ2n) is 6.89. The third kappa shape index (κ3) is 41.5. The Morgan fingerprint density at radius 2 is 1.54 bits per heavy atom. The smallest absolute Gasteiger partial charge is 0.407 e. The molecule has 0 atom stereocenters. The zero-order valence-electron chi connectivity index (χ0n) is 23.7. The normalized spacial score (nSPS) is 10.5. The van der Waals surface area contributed by atoms with E-state index in [4.69, 9.17) is 4.74 Å². The molecule has 0 aromatic rings. The summed E-state index contributed by atoms with van der Waals surface area (Å²) in [5.41, 5.74) is 1.65. The molecule has 0 aliphatic carbocycles. The molecule has 0 bridgehead atoms. The number of amides is 1. The zero-order valence-corrected chi connectivity index (χ0v) is 23.7. The van der Waals surface area contributed by atoms with E-state index in [-0.39, 0.29) is 12.7 Å². The Kier molecular flexibility index (Phi) is 42.3. The van der Waals surface area contributed by atoms with E-state index in [2.05, 4.69) is 42.1 Å². The topological polar surface area (TPSA) is 64.6 Å². The highest BCUT2D eigenvalue weighted by molar-refractivity contribution is 5.67. The minimum Gasteiger partial charge on any atom is -0.463 e. The Morgan fingerprint density at radius 3 is 1.94 bits per heavy atom. The molecule has 0 heterocycles. The van der Waals surface area contributed by atoms with Crippen LogP contribution < -0.4 is 5.32 Å². The van der Waals surface area contributed by atoms with Gasteiger partial charge in [-0.05, 0) is 58.6 Å². The van der Waals surface area contributed by atoms with Gasteiger partial charge in [-0.3, -0.25) is 4.79 Å². The lowest BCUT2D eigenvalue weighted by Crippen LogP contribution is -2.33. The summed E-state index contributed by atoms with van der Waals surface area (Å²) in [5.74, 6) is 0. The first kappa shape index (κ1) is 41.9. The number of alkyl carbamates (subject to hydrolysis) is 1. The van der Waals surface area contributed by atoms with Crippen LogP contribution >= 0.6 is 0 Å². The van der Waals surface area contributed by atoms with Gasteiger partial charge in [0.2, 0.25) is 0 Å². The zero-order chi connectivity index (χ0) is 28.5. The fourth-order valence-electron chi connectivity index (χ4n) is 1.91. The van der Waals surface area contributed by atoms with Crippen LogP contribution in [0.25, 0.3) is 0 Å². The van der Waals surface area contributed by atoms with E-state index < -0.39 is 5.60 Å². The number of carbonyl (C=O) groups excluding carboxylic acids is 2. The van der Waals surface area contributed by atoms with Crippen molar-refractivity contribution in [3.05, 3.63) is 72.9 Å². The number of rotatable bonds is 11. The lowest BCUT2D eigenvalue weighted by atomic mass is 10.1. The molecule has 0 unspecified atom stereocenters. The molecule has 1 amide bonds. The Bertz CT molecular complexity index is 645. The SMILES string of the molecule is C#C.C=C/C(=C\C=C/C)COC=O.C=C/C=C(\C=C/C)CCCNC(=O)OC(C)(C)C.CC.CC. The van der Waals surface area contributed by atoms with Gasteiger partial charge in [0.1, 0.15) is 12.2 Å². The van der Waals surface area contributed by atoms with Crippen molar-refractivity contribution in [1.82, 2.24) is 5.32 Å². The van der Waals surface area contributed by atoms with E-state index in [1.807, 2.05) is 92.7 Å². The van der Waals surface area contributed by atoms with E-state index in [1.54, 1.807) is 12.2 Å². The Labute approximate surface area is 216 Å². The standard InChI is InChI=1S/C15H25NO2.C9H12O2.2C2H6.C2H2/c1-6-9-13(10-7-2)11-8-12-16-14(17)18-15(3,4)5;1-3-5-6-9(4-2)7-11-8-10;3*1-2/h6-7,9-10H,1,8,11-12H2,2-5H3,(H,16,17);3-6,8H,2,7H2,1H3;2*1-2H3;1-2H/b10-7-,13-9+;5-3-,9-6+;;;. The van der Waals surface area contributed by atoms with Gasteiger partial charge < -0.3 is 14.8 Å². The van der Waals surface area contributed by atoms with E-state index in [1.165, 1.54) is 5.57 Å². The van der Waals surface area contributed by atoms with Gasteiger partial charge in [0.05, 0.1) is 0 Å². The van der Waals surface area contributed by atoms with Gasteiger partial charge in [0.15, 0.2) is 0 Å². The van der Waals surface area contributed by atoms with Crippen molar-refractivity contribution in [3.63, 3.8) is 0 Å². The minimum absolute atomic E-state index is 0.289. The molecule has 5 heteroatoms. The van der Waals surface area contributed by atoms with Gasteiger partial charge in [-0.2, -0.15) is 0 Å². The van der Waals surface area contributed by atoms with Crippen LogP contribution in [0.2, 0.25) is 0 Å². The summed E-state index contributed by atoms with van der Waals surface area (Å²) >= 11 is 0. The second-order valence-corrected chi connectivity index (χ2v) is 6.89. The van der Waals surface area contributed by atoms with Crippen LogP contribution in [0.3, 0.4) is 0 Å². The predicted octanol–water partition coefficient (Wildman–Crippen LogP) is 8.13. The molecule has 0 saturated heterocycles. The summed E-state index contributed by atoms with van der Waals surface area (Å²) in [6.07, 6.45) is 24.5. The molecule has 0 aliphatic heterocycles. The number of carbonyl (C=O) groups is 2. The van der Waals surface area contributed by atoms with Crippen molar-refractivity contribution in [2.24, 2.45) is 0 Å². The molecule has 0 aromatic carbocycles. The van der Waals surface area contributed by atoms with Gasteiger partial charge in [-0.25, -0.2) is 4.79 Å². The third-order valence-corrected chi connectivity index (χ3v) is 3.11. The second kappa shape index (κ2) is 35.3. The first-order valence-electron chi connectivity index (χ1n) is 12.0. The lowest BCUT2D eigenvalue weighted by molar-refractivity contribution is -0.127. The van der Waals surface area contributed by atoms with E-state index in [0.717, 1.165) is 18.4 Å². The maximum atomic E-state index is 11.4. The van der Waals surface area contributed by atoms with Gasteiger partial charge in [0.25, 0.3) is 6.47 Å². The first-order valence-corrected chi connectivity index (χ1v) is 12.0. The van der Waals surface area contributed by atoms with Crippen LogP contribution in [0.1, 0.15) is 75.2 Å². The molecular weight excluding hydrogens is 438 g/mol. The van der Waals surface area contributed by atoms with Crippen molar-refractivity contribution in [2.45, 2.75) is 80.8 Å². The molecule has 200 valence electrons. The van der Waals surface area contributed by atoms with Crippen molar-refractivity contribution in [2.75, 3.05) is 13.2 Å². The first-order chi connectivity index (χ1) is 16.7. The van der Waals surface area contributed by atoms with Crippen LogP contribution in [-0.4, -0.2) is 31.3 Å². The predicted molar refractivity (Wildman–Crippen MR) is 154 cm³/mol. The molecule has 0 saturated carbocycles. The summed E-state index contributed by atoms with van der Waals surface area (Å²) in [4.78, 5) is 21.2. The van der Waals surface area contributed by atoms with Gasteiger partial charge in [-0.15, -0.1) is 12.8 Å². The van der Waals surface area contributed by atoms with Gasteiger partial charge >= 0.3 is 6.09 Å². The third-order valence-electron chi connectivity index (χ3n) is 3.11. The summed E-state index contributed by atoms with van der Waals surface area (Å²) in [7, 11) is 0. The van der Waals surface area contributed by atoms with Crippen molar-refractivity contribution < 1.29 is 19.1 Å². The van der Waals surface area contributed by atoms with E-state index in [0.29, 0.717) is 13.0 Å². The fraction of sp³-hybridized carbons (Fsp3) is 0.467. The molecule has 0 spiro atoms. The van der Waals surface area contributed by atoms with Crippen molar-refractivity contribution in [3.8, 4) is 12.8 Å². The number of ether oxygens (including phenoxy) is 2. The largest absolute Gasteiger partial charge is 0.463 e. The number of allylic oxidation sites excluding steroid dienone is 8. The molecule has 0 radical (unpaired) electrons. The van der Waals surface area contributed by atoms with Crippen molar-refractivity contribution in [1.29, 1.82) is 0 Å². The Balaban J connectivity index is -0.000000151. The molecule has 0 fully saturated rings. The average Bonchev–Trinajstić information content (AvgIpc) is 2.85. The average molecular weight is 490 g/mol. The van der Waals surface area contributed by atoms with Crippen LogP contribution in [0, 0.1) is 12.8 Å². The summed E-state index contributed by atoms with van der Waals surface area (Å²) in [5, 5.41) is 2.74. The van der Waals surface area contributed by atoms with Crippen molar-refractivity contribution >= 4 is 12.6 Å². The quantitative estimate of drug-likeness (QED) is 0.138. The number of nitrogens with one attached hydrogen (secondary N) is 1. The highest BCUT2D eigenvalue weighted by Gasteiger charge is 2.15. The van der Waals surface area contributed by atoms with Gasteiger partial charge in [0, 0.05) is 6.54 Å². The Morgan fingerprint density at radius 1 is 0.971 bits per heavy atom. The Hall–Kier alpha value is -3.26. The van der Waals surface area contributed by atoms with Crippen LogP contribution in [0.4, 0.5) is 4.79 Å². The highest BCUT2D eigenvalue weighted by atomic mass is 16.6. The molecule has 0 rings (SSSR count). The van der Waals surface area contributed by atoms with Crippen LogP contribution in [0.5, 0.6) is 0 Å². The fourth-order valence-corrected chi connectivity index (χ4v) is 1.91. The van der Waals surface area contributed by atoms with Gasteiger partial charge in [-0.1, -0.05) is 89.5 Å². The molecule has 35 heavy (non-hydrogen) atoms. The monoisotopic (exact) mass is 489 g/mol. The lowest BCUT2D eigenvalue weighted by Gasteiger charge is -2.19. The minimum atomic E-state index is -0.442. The molecule has 1 N–H and O–H groups in total. The molecule has 0 aliphatic rings. The number of hydrogen-bond donors (Lipinski definition) is 1. The summed E-state index contributed by atoms with van der Waals surface area (Å²) in [6.45, 7) is 26.0.